The molecule has 9 heteroatoms. The molecule has 0 aromatic heterocycles. The molecule has 2 rings (SSSR count). The number of thiocarbonyl (C=S) groups is 2. The molecule has 158 valence electrons. The van der Waals surface area contributed by atoms with Crippen molar-refractivity contribution in [3.05, 3.63) is 71.8 Å². The SMILES string of the molecule is CSC(=S)NN=C(C)c1ccccc1.CSC(=S)NN=C(C)c1ccccc1.[Ni]. The van der Waals surface area contributed by atoms with Crippen molar-refractivity contribution in [2.75, 3.05) is 12.5 Å². The largest absolute Gasteiger partial charge is 0.262 e. The molecular weight excluding hydrogens is 483 g/mol. The molecule has 0 atom stereocenters. The first-order valence-corrected chi connectivity index (χ1v) is 11.6. The summed E-state index contributed by atoms with van der Waals surface area (Å²) in [6.45, 7) is 3.90. The molecule has 2 aromatic carbocycles. The van der Waals surface area contributed by atoms with Crippen LogP contribution in [0.25, 0.3) is 0 Å². The smallest absolute Gasteiger partial charge is 0.153 e. The van der Waals surface area contributed by atoms with Crippen molar-refractivity contribution < 1.29 is 16.5 Å². The van der Waals surface area contributed by atoms with Gasteiger partial charge in [0.15, 0.2) is 8.64 Å². The molecule has 2 aromatic rings. The molecule has 0 saturated carbocycles. The third-order valence-corrected chi connectivity index (χ3v) is 5.49. The van der Waals surface area contributed by atoms with Crippen LogP contribution >= 0.6 is 48.0 Å². The molecule has 0 radical (unpaired) electrons. The van der Waals surface area contributed by atoms with Crippen LogP contribution in [0.15, 0.2) is 70.9 Å². The van der Waals surface area contributed by atoms with E-state index < -0.39 is 0 Å². The molecule has 0 heterocycles. The maximum Gasteiger partial charge on any atom is 0.153 e. The van der Waals surface area contributed by atoms with Gasteiger partial charge in [0.05, 0.1) is 11.4 Å². The molecule has 0 aliphatic rings. The van der Waals surface area contributed by atoms with Gasteiger partial charge in [-0.25, -0.2) is 0 Å². The van der Waals surface area contributed by atoms with E-state index in [1.807, 2.05) is 87.0 Å². The van der Waals surface area contributed by atoms with Crippen LogP contribution < -0.4 is 10.9 Å². The first-order chi connectivity index (χ1) is 13.5. The number of hydrazone groups is 2. The molecule has 0 bridgehead atoms. The Morgan fingerprint density at radius 3 is 1.28 bits per heavy atom. The maximum atomic E-state index is 4.97. The molecule has 0 fully saturated rings. The summed E-state index contributed by atoms with van der Waals surface area (Å²) in [5, 5.41) is 8.34. The van der Waals surface area contributed by atoms with Gasteiger partial charge in [0.1, 0.15) is 0 Å². The predicted molar refractivity (Wildman–Crippen MR) is 136 cm³/mol. The molecule has 29 heavy (non-hydrogen) atoms. The van der Waals surface area contributed by atoms with Gasteiger partial charge in [0.25, 0.3) is 0 Å². The molecular formula is C20H24N4NiS4. The number of rotatable bonds is 4. The second-order valence-electron chi connectivity index (χ2n) is 5.33. The Balaban J connectivity index is 0.000000523. The van der Waals surface area contributed by atoms with E-state index in [1.165, 1.54) is 23.5 Å². The van der Waals surface area contributed by atoms with Gasteiger partial charge in [-0.2, -0.15) is 10.2 Å². The average Bonchev–Trinajstić information content (AvgIpc) is 2.76. The molecule has 0 unspecified atom stereocenters. The van der Waals surface area contributed by atoms with Crippen molar-refractivity contribution in [2.45, 2.75) is 13.8 Å². The first kappa shape index (κ1) is 27.8. The second-order valence-corrected chi connectivity index (χ2v) is 8.30. The second kappa shape index (κ2) is 16.5. The summed E-state index contributed by atoms with van der Waals surface area (Å²) in [6.07, 6.45) is 3.84. The monoisotopic (exact) mass is 506 g/mol. The van der Waals surface area contributed by atoms with Gasteiger partial charge < -0.3 is 0 Å². The summed E-state index contributed by atoms with van der Waals surface area (Å²) in [4.78, 5) is 0. The van der Waals surface area contributed by atoms with Crippen molar-refractivity contribution in [1.82, 2.24) is 10.9 Å². The standard InChI is InChI=1S/2C10H12N2S2.Ni/c2*1-8(11-12-10(13)14-2)9-6-4-3-5-7-9;/h2*3-7H,1-2H3,(H,12,13);. The van der Waals surface area contributed by atoms with Crippen LogP contribution in [0, 0.1) is 0 Å². The summed E-state index contributed by atoms with van der Waals surface area (Å²) < 4.78 is 1.36. The molecule has 2 N–H and O–H groups in total. The normalized spacial score (nSPS) is 10.8. The van der Waals surface area contributed by atoms with E-state index in [0.29, 0.717) is 8.64 Å². The fourth-order valence-electron chi connectivity index (χ4n) is 1.84. The number of nitrogens with zero attached hydrogens (tertiary/aromatic N) is 2. The molecule has 4 nitrogen and oxygen atoms in total. The fraction of sp³-hybridized carbons (Fsp3) is 0.200. The Hall–Kier alpha value is -1.25. The van der Waals surface area contributed by atoms with Gasteiger partial charge >= 0.3 is 0 Å². The summed E-state index contributed by atoms with van der Waals surface area (Å²) in [5.41, 5.74) is 9.69. The number of hydrogen-bond donors (Lipinski definition) is 2. The van der Waals surface area contributed by atoms with E-state index in [4.69, 9.17) is 24.4 Å². The van der Waals surface area contributed by atoms with Crippen LogP contribution in [0.3, 0.4) is 0 Å². The van der Waals surface area contributed by atoms with Gasteiger partial charge in [-0.05, 0) is 37.5 Å². The molecule has 0 spiro atoms. The third kappa shape index (κ3) is 12.1. The van der Waals surface area contributed by atoms with Gasteiger partial charge in [-0.1, -0.05) is 109 Å². The van der Waals surface area contributed by atoms with Crippen molar-refractivity contribution in [3.63, 3.8) is 0 Å². The average molecular weight is 507 g/mol. The van der Waals surface area contributed by atoms with Gasteiger partial charge in [0, 0.05) is 16.5 Å². The Morgan fingerprint density at radius 1 is 0.690 bits per heavy atom. The van der Waals surface area contributed by atoms with Crippen molar-refractivity contribution in [1.29, 1.82) is 0 Å². The zero-order chi connectivity index (χ0) is 20.8. The predicted octanol–water partition coefficient (Wildman–Crippen LogP) is 5.29. The van der Waals surface area contributed by atoms with Gasteiger partial charge in [0.2, 0.25) is 0 Å². The minimum absolute atomic E-state index is 0. The Morgan fingerprint density at radius 2 is 1.00 bits per heavy atom. The van der Waals surface area contributed by atoms with E-state index in [-0.39, 0.29) is 16.5 Å². The van der Waals surface area contributed by atoms with Crippen LogP contribution in [0.4, 0.5) is 0 Å². The fourth-order valence-corrected chi connectivity index (χ4v) is 2.20. The first-order valence-electron chi connectivity index (χ1n) is 8.35. The minimum atomic E-state index is 0. The van der Waals surface area contributed by atoms with E-state index >= 15 is 0 Å². The van der Waals surface area contributed by atoms with Crippen molar-refractivity contribution in [3.8, 4) is 0 Å². The van der Waals surface area contributed by atoms with E-state index in [2.05, 4.69) is 21.1 Å². The summed E-state index contributed by atoms with van der Waals surface area (Å²) >= 11 is 12.9. The van der Waals surface area contributed by atoms with Crippen LogP contribution in [-0.2, 0) is 16.5 Å². The van der Waals surface area contributed by atoms with Gasteiger partial charge in [-0.3, -0.25) is 10.9 Å². The number of thioether (sulfide) groups is 2. The van der Waals surface area contributed by atoms with Crippen molar-refractivity contribution >= 4 is 68.0 Å². The summed E-state index contributed by atoms with van der Waals surface area (Å²) in [7, 11) is 0. The maximum absolute atomic E-state index is 4.97. The van der Waals surface area contributed by atoms with Crippen LogP contribution in [0.2, 0.25) is 0 Å². The zero-order valence-corrected chi connectivity index (χ0v) is 20.9. The topological polar surface area (TPSA) is 48.8 Å². The third-order valence-electron chi connectivity index (χ3n) is 3.38. The molecule has 0 amide bonds. The van der Waals surface area contributed by atoms with Gasteiger partial charge in [-0.15, -0.1) is 0 Å². The van der Waals surface area contributed by atoms with Crippen LogP contribution in [-0.4, -0.2) is 32.6 Å². The Bertz CT molecular complexity index is 742. The van der Waals surface area contributed by atoms with E-state index in [1.54, 1.807) is 0 Å². The Labute approximate surface area is 202 Å². The number of hydrogen-bond acceptors (Lipinski definition) is 6. The van der Waals surface area contributed by atoms with E-state index in [9.17, 15) is 0 Å². The van der Waals surface area contributed by atoms with Crippen LogP contribution in [0.5, 0.6) is 0 Å². The summed E-state index contributed by atoms with van der Waals surface area (Å²) in [6, 6.07) is 20.0. The van der Waals surface area contributed by atoms with E-state index in [0.717, 1.165) is 22.6 Å². The molecule has 0 aliphatic carbocycles. The molecule has 0 aliphatic heterocycles. The zero-order valence-electron chi connectivity index (χ0n) is 16.6. The number of nitrogens with one attached hydrogen (secondary N) is 2. The minimum Gasteiger partial charge on any atom is -0.262 e. The van der Waals surface area contributed by atoms with Crippen LogP contribution in [0.1, 0.15) is 25.0 Å². The van der Waals surface area contributed by atoms with Crippen molar-refractivity contribution in [2.24, 2.45) is 10.2 Å². The Kier molecular flexibility index (Phi) is 15.8. The molecule has 0 saturated heterocycles. The number of benzene rings is 2. The summed E-state index contributed by atoms with van der Waals surface area (Å²) in [5.74, 6) is 0. The quantitative estimate of drug-likeness (QED) is 0.254.